The lowest BCUT2D eigenvalue weighted by molar-refractivity contribution is -0.870. The summed E-state index contributed by atoms with van der Waals surface area (Å²) < 4.78 is 23.0. The van der Waals surface area contributed by atoms with Crippen LogP contribution in [0, 0.1) is 0 Å². The number of rotatable bonds is 37. The molecule has 0 aromatic carbocycles. The minimum Gasteiger partial charge on any atom is -0.756 e. The molecule has 0 radical (unpaired) electrons. The minimum absolute atomic E-state index is 0.0110. The Morgan fingerprint density at radius 3 is 1.72 bits per heavy atom. The molecule has 0 aromatic heterocycles. The summed E-state index contributed by atoms with van der Waals surface area (Å²) in [7, 11) is 1.22. The molecule has 0 bridgehead atoms. The Morgan fingerprint density at radius 1 is 0.660 bits per heavy atom. The number of nitrogens with one attached hydrogen (secondary N) is 1. The van der Waals surface area contributed by atoms with E-state index in [9.17, 15) is 19.4 Å². The lowest BCUT2D eigenvalue weighted by atomic mass is 10.1. The molecule has 3 atom stereocenters. The highest BCUT2D eigenvalue weighted by atomic mass is 31.2. The summed E-state index contributed by atoms with van der Waals surface area (Å²) >= 11 is 0. The molecule has 9 heteroatoms. The molecule has 0 aliphatic carbocycles. The molecule has 8 nitrogen and oxygen atoms in total. The van der Waals surface area contributed by atoms with Crippen LogP contribution in [0.1, 0.15) is 162 Å². The van der Waals surface area contributed by atoms with Gasteiger partial charge in [0.1, 0.15) is 13.2 Å². The average Bonchev–Trinajstić information content (AvgIpc) is 3.10. The van der Waals surface area contributed by atoms with E-state index in [-0.39, 0.29) is 12.5 Å². The highest BCUT2D eigenvalue weighted by Crippen LogP contribution is 2.38. The van der Waals surface area contributed by atoms with Crippen LogP contribution in [-0.4, -0.2) is 68.5 Å². The van der Waals surface area contributed by atoms with E-state index in [1.807, 2.05) is 27.2 Å². The van der Waals surface area contributed by atoms with Crippen LogP contribution in [0.25, 0.3) is 0 Å². The van der Waals surface area contributed by atoms with Crippen LogP contribution in [0.5, 0.6) is 0 Å². The van der Waals surface area contributed by atoms with Gasteiger partial charge in [-0.05, 0) is 64.2 Å². The van der Waals surface area contributed by atoms with Gasteiger partial charge in [0.2, 0.25) is 5.91 Å². The Balaban J connectivity index is 4.28. The number of unbranched alkanes of at least 4 members (excludes halogenated alkanes) is 16. The zero-order valence-electron chi connectivity index (χ0n) is 34.7. The van der Waals surface area contributed by atoms with Crippen molar-refractivity contribution in [2.75, 3.05) is 40.9 Å². The molecule has 53 heavy (non-hydrogen) atoms. The number of phosphoric acid groups is 1. The van der Waals surface area contributed by atoms with Crippen LogP contribution < -0.4 is 10.2 Å². The van der Waals surface area contributed by atoms with Crippen LogP contribution in [0.3, 0.4) is 0 Å². The fraction of sp³-hybridized carbons (Fsp3) is 0.750. The van der Waals surface area contributed by atoms with Gasteiger partial charge in [-0.15, -0.1) is 0 Å². The number of hydrogen-bond acceptors (Lipinski definition) is 6. The number of carbonyl (C=O) groups is 1. The predicted octanol–water partition coefficient (Wildman–Crippen LogP) is 10.8. The van der Waals surface area contributed by atoms with E-state index >= 15 is 0 Å². The summed E-state index contributed by atoms with van der Waals surface area (Å²) in [6.07, 6.45) is 45.7. The van der Waals surface area contributed by atoms with E-state index in [0.29, 0.717) is 17.4 Å². The molecule has 308 valence electrons. The summed E-state index contributed by atoms with van der Waals surface area (Å²) in [4.78, 5) is 25.2. The van der Waals surface area contributed by atoms with Gasteiger partial charge in [-0.3, -0.25) is 9.36 Å². The lowest BCUT2D eigenvalue weighted by Crippen LogP contribution is -2.45. The normalized spacial score (nSPS) is 15.1. The van der Waals surface area contributed by atoms with Crippen molar-refractivity contribution >= 4 is 13.7 Å². The summed E-state index contributed by atoms with van der Waals surface area (Å²) in [6.45, 7) is 4.50. The van der Waals surface area contributed by atoms with E-state index in [2.05, 4.69) is 67.8 Å². The molecule has 0 aliphatic rings. The average molecular weight is 765 g/mol. The van der Waals surface area contributed by atoms with Crippen LogP contribution in [0.15, 0.2) is 60.8 Å². The van der Waals surface area contributed by atoms with Crippen molar-refractivity contribution in [2.45, 2.75) is 174 Å². The first-order valence-electron chi connectivity index (χ1n) is 21.2. The first-order chi connectivity index (χ1) is 25.5. The second-order valence-corrected chi connectivity index (χ2v) is 16.7. The Labute approximate surface area is 326 Å². The maximum absolute atomic E-state index is 12.8. The summed E-state index contributed by atoms with van der Waals surface area (Å²) in [6, 6.07) is -0.906. The van der Waals surface area contributed by atoms with E-state index in [4.69, 9.17) is 9.05 Å². The molecule has 0 aliphatic heterocycles. The molecule has 0 saturated heterocycles. The van der Waals surface area contributed by atoms with Crippen molar-refractivity contribution in [3.05, 3.63) is 60.8 Å². The predicted molar refractivity (Wildman–Crippen MR) is 224 cm³/mol. The Hall–Kier alpha value is -1.80. The van der Waals surface area contributed by atoms with Crippen LogP contribution >= 0.6 is 7.82 Å². The standard InChI is InChI=1S/C44H81N2O6P/c1-6-8-10-12-14-16-17-18-19-20-21-22-23-24-25-26-27-28-29-30-32-34-36-38-44(48)45-42(41-52-53(49,50)51-40-39-46(3,4)5)43(47)37-35-33-31-15-13-11-9-7-2/h13,15,17-18,20-21,23-24,35,37,42-43,47H,6-12,14,16,19,22,25-34,36,38-41H2,1-5H3,(H-,45,48,49,50)/b15-13+,18-17-,21-20-,24-23-,37-35+. The highest BCUT2D eigenvalue weighted by Gasteiger charge is 2.23. The topological polar surface area (TPSA) is 108 Å². The second kappa shape index (κ2) is 35.9. The highest BCUT2D eigenvalue weighted by molar-refractivity contribution is 7.45. The molecule has 0 heterocycles. The molecule has 1 amide bonds. The van der Waals surface area contributed by atoms with E-state index in [0.717, 1.165) is 70.6 Å². The molecule has 0 fully saturated rings. The Morgan fingerprint density at radius 2 is 1.13 bits per heavy atom. The van der Waals surface area contributed by atoms with Gasteiger partial charge >= 0.3 is 0 Å². The van der Waals surface area contributed by atoms with Crippen molar-refractivity contribution in [3.63, 3.8) is 0 Å². The molecule has 0 aromatic rings. The third-order valence-electron chi connectivity index (χ3n) is 8.95. The van der Waals surface area contributed by atoms with Crippen molar-refractivity contribution in [2.24, 2.45) is 0 Å². The third-order valence-corrected chi connectivity index (χ3v) is 9.91. The number of phosphoric ester groups is 1. The van der Waals surface area contributed by atoms with Crippen molar-refractivity contribution in [3.8, 4) is 0 Å². The molecule has 3 unspecified atom stereocenters. The summed E-state index contributed by atoms with van der Waals surface area (Å²) in [5.41, 5.74) is 0. The first kappa shape index (κ1) is 51.2. The van der Waals surface area contributed by atoms with Gasteiger partial charge in [-0.2, -0.15) is 0 Å². The molecular weight excluding hydrogens is 683 g/mol. The van der Waals surface area contributed by atoms with Crippen molar-refractivity contribution in [1.29, 1.82) is 0 Å². The number of aliphatic hydroxyl groups excluding tert-OH is 1. The maximum atomic E-state index is 12.8. The second-order valence-electron chi connectivity index (χ2n) is 15.3. The number of likely N-dealkylation sites (N-methyl/N-ethyl adjacent to an activating group) is 1. The Bertz CT molecular complexity index is 1050. The van der Waals surface area contributed by atoms with Crippen LogP contribution in [-0.2, 0) is 18.4 Å². The Kier molecular flexibility index (Phi) is 34.7. The number of quaternary nitrogens is 1. The van der Waals surface area contributed by atoms with E-state index < -0.39 is 26.6 Å². The summed E-state index contributed by atoms with van der Waals surface area (Å²) in [5, 5.41) is 13.6. The van der Waals surface area contributed by atoms with Gasteiger partial charge in [0.15, 0.2) is 0 Å². The zero-order valence-corrected chi connectivity index (χ0v) is 35.6. The van der Waals surface area contributed by atoms with Gasteiger partial charge in [-0.25, -0.2) is 0 Å². The number of carbonyl (C=O) groups excluding carboxylic acids is 1. The lowest BCUT2D eigenvalue weighted by Gasteiger charge is -2.29. The fourth-order valence-corrected chi connectivity index (χ4v) is 6.23. The van der Waals surface area contributed by atoms with Gasteiger partial charge in [-0.1, -0.05) is 152 Å². The molecular formula is C44H81N2O6P. The largest absolute Gasteiger partial charge is 0.756 e. The summed E-state index contributed by atoms with van der Waals surface area (Å²) in [5.74, 6) is -0.222. The van der Waals surface area contributed by atoms with Crippen LogP contribution in [0.4, 0.5) is 0 Å². The number of nitrogens with zero attached hydrogens (tertiary/aromatic N) is 1. The van der Waals surface area contributed by atoms with Crippen molar-refractivity contribution in [1.82, 2.24) is 5.32 Å². The SMILES string of the molecule is CCCC/C=C/CC/C=C/C(O)C(COP(=O)([O-])OCC[N+](C)(C)C)NC(=O)CCCCCCCCCC/C=C\C/C=C\C/C=C\CCCCCCC. The molecule has 0 spiro atoms. The molecule has 2 N–H and O–H groups in total. The maximum Gasteiger partial charge on any atom is 0.268 e. The van der Waals surface area contributed by atoms with Gasteiger partial charge < -0.3 is 28.8 Å². The fourth-order valence-electron chi connectivity index (χ4n) is 5.51. The van der Waals surface area contributed by atoms with E-state index in [1.54, 1.807) is 6.08 Å². The number of allylic oxidation sites excluding steroid dienone is 9. The van der Waals surface area contributed by atoms with Crippen LogP contribution in [0.2, 0.25) is 0 Å². The van der Waals surface area contributed by atoms with Gasteiger partial charge in [0.25, 0.3) is 7.82 Å². The smallest absolute Gasteiger partial charge is 0.268 e. The van der Waals surface area contributed by atoms with E-state index in [1.165, 1.54) is 70.6 Å². The molecule has 0 rings (SSSR count). The van der Waals surface area contributed by atoms with Crippen molar-refractivity contribution < 1.29 is 32.9 Å². The first-order valence-corrected chi connectivity index (χ1v) is 22.6. The monoisotopic (exact) mass is 765 g/mol. The number of amides is 1. The quantitative estimate of drug-likeness (QED) is 0.0282. The van der Waals surface area contributed by atoms with Gasteiger partial charge in [0.05, 0.1) is 39.9 Å². The minimum atomic E-state index is -4.59. The van der Waals surface area contributed by atoms with Gasteiger partial charge in [0, 0.05) is 6.42 Å². The third kappa shape index (κ3) is 38.3. The number of aliphatic hydroxyl groups is 1. The number of hydrogen-bond donors (Lipinski definition) is 2. The zero-order chi connectivity index (χ0) is 39.3. The molecule has 0 saturated carbocycles.